The lowest BCUT2D eigenvalue weighted by atomic mass is 9.92. The molecule has 0 saturated heterocycles. The lowest BCUT2D eigenvalue weighted by molar-refractivity contribution is 0.416. The van der Waals surface area contributed by atoms with Gasteiger partial charge in [0.05, 0.1) is 17.8 Å². The number of fused-ring (bicyclic) bond motifs is 1. The summed E-state index contributed by atoms with van der Waals surface area (Å²) >= 11 is 0. The molecule has 3 aromatic rings. The van der Waals surface area contributed by atoms with Gasteiger partial charge in [-0.05, 0) is 54.4 Å². The first-order valence-corrected chi connectivity index (χ1v) is 11.6. The third-order valence-electron chi connectivity index (χ3n) is 5.59. The zero-order chi connectivity index (χ0) is 20.4. The van der Waals surface area contributed by atoms with Gasteiger partial charge in [-0.25, -0.2) is 8.42 Å². The number of methoxy groups -OCH3 is 1. The topological polar surface area (TPSA) is 71.2 Å². The monoisotopic (exact) mass is 446 g/mol. The van der Waals surface area contributed by atoms with Crippen LogP contribution in [0, 0.1) is 0 Å². The Balaban J connectivity index is 0.00000256. The number of halogens is 1. The van der Waals surface area contributed by atoms with Crippen LogP contribution >= 0.6 is 12.4 Å². The average Bonchev–Trinajstić information content (AvgIpc) is 3.22. The van der Waals surface area contributed by atoms with Crippen molar-refractivity contribution in [3.8, 4) is 17.0 Å². The molecule has 2 heterocycles. The van der Waals surface area contributed by atoms with Crippen LogP contribution in [0.25, 0.3) is 11.3 Å². The van der Waals surface area contributed by atoms with E-state index in [9.17, 15) is 8.42 Å². The molecule has 1 atom stereocenters. The van der Waals surface area contributed by atoms with E-state index in [4.69, 9.17) is 4.74 Å². The molecular formula is C23H27ClN2O3S. The molecule has 0 spiro atoms. The van der Waals surface area contributed by atoms with Gasteiger partial charge in [-0.15, -0.1) is 12.4 Å². The van der Waals surface area contributed by atoms with Crippen molar-refractivity contribution in [2.45, 2.75) is 30.7 Å². The molecule has 0 saturated carbocycles. The van der Waals surface area contributed by atoms with Crippen molar-refractivity contribution < 1.29 is 13.2 Å². The lowest BCUT2D eigenvalue weighted by Gasteiger charge is -2.26. The van der Waals surface area contributed by atoms with Crippen LogP contribution in [0.4, 0.5) is 0 Å². The molecular weight excluding hydrogens is 420 g/mol. The number of aromatic nitrogens is 1. The molecule has 1 aliphatic rings. The van der Waals surface area contributed by atoms with Crippen molar-refractivity contribution in [2.24, 2.45) is 0 Å². The SMILES string of the molecule is CCS(=O)(=O)c1ccc(OC)c(-c2ccc(CC3NCCc4ccccc43)[nH]2)c1.Cl. The van der Waals surface area contributed by atoms with Gasteiger partial charge < -0.3 is 15.0 Å². The summed E-state index contributed by atoms with van der Waals surface area (Å²) in [5, 5.41) is 3.61. The molecule has 160 valence electrons. The van der Waals surface area contributed by atoms with E-state index in [1.165, 1.54) is 11.1 Å². The highest BCUT2D eigenvalue weighted by Gasteiger charge is 2.21. The fourth-order valence-corrected chi connectivity index (χ4v) is 4.88. The molecule has 0 radical (unpaired) electrons. The first-order chi connectivity index (χ1) is 14.0. The van der Waals surface area contributed by atoms with Gasteiger partial charge in [-0.3, -0.25) is 0 Å². The van der Waals surface area contributed by atoms with E-state index in [1.807, 2.05) is 6.07 Å². The Kier molecular flexibility index (Phi) is 6.91. The number of nitrogens with one attached hydrogen (secondary N) is 2. The highest BCUT2D eigenvalue weighted by molar-refractivity contribution is 7.91. The Morgan fingerprint density at radius 1 is 1.10 bits per heavy atom. The van der Waals surface area contributed by atoms with Gasteiger partial charge >= 0.3 is 0 Å². The summed E-state index contributed by atoms with van der Waals surface area (Å²) in [6.07, 6.45) is 1.89. The van der Waals surface area contributed by atoms with E-state index in [0.717, 1.165) is 36.3 Å². The van der Waals surface area contributed by atoms with E-state index >= 15 is 0 Å². The van der Waals surface area contributed by atoms with Crippen molar-refractivity contribution >= 4 is 22.2 Å². The largest absolute Gasteiger partial charge is 0.496 e. The van der Waals surface area contributed by atoms with Gasteiger partial charge in [0.25, 0.3) is 0 Å². The maximum Gasteiger partial charge on any atom is 0.178 e. The maximum absolute atomic E-state index is 12.3. The van der Waals surface area contributed by atoms with Gasteiger partial charge in [0, 0.05) is 29.4 Å². The van der Waals surface area contributed by atoms with Crippen LogP contribution in [0.2, 0.25) is 0 Å². The van der Waals surface area contributed by atoms with E-state index < -0.39 is 9.84 Å². The van der Waals surface area contributed by atoms with Crippen molar-refractivity contribution in [3.63, 3.8) is 0 Å². The Morgan fingerprint density at radius 2 is 1.90 bits per heavy atom. The summed E-state index contributed by atoms with van der Waals surface area (Å²) in [7, 11) is -1.69. The van der Waals surface area contributed by atoms with E-state index in [-0.39, 0.29) is 24.2 Å². The number of ether oxygens (including phenoxy) is 1. The lowest BCUT2D eigenvalue weighted by Crippen LogP contribution is -2.31. The van der Waals surface area contributed by atoms with Crippen LogP contribution in [-0.4, -0.2) is 32.8 Å². The van der Waals surface area contributed by atoms with Crippen LogP contribution in [0.3, 0.4) is 0 Å². The average molecular weight is 447 g/mol. The number of benzene rings is 2. The van der Waals surface area contributed by atoms with E-state index in [2.05, 4.69) is 40.6 Å². The number of aromatic amines is 1. The van der Waals surface area contributed by atoms with Crippen molar-refractivity contribution in [3.05, 3.63) is 71.4 Å². The minimum absolute atomic E-state index is 0. The second-order valence-electron chi connectivity index (χ2n) is 7.32. The Morgan fingerprint density at radius 3 is 2.67 bits per heavy atom. The van der Waals surface area contributed by atoms with Crippen molar-refractivity contribution in [1.29, 1.82) is 0 Å². The second-order valence-corrected chi connectivity index (χ2v) is 9.60. The molecule has 1 aromatic heterocycles. The second kappa shape index (κ2) is 9.25. The van der Waals surface area contributed by atoms with Crippen LogP contribution in [0.5, 0.6) is 5.75 Å². The molecule has 7 heteroatoms. The molecule has 0 aliphatic carbocycles. The van der Waals surface area contributed by atoms with Gasteiger partial charge in [-0.1, -0.05) is 31.2 Å². The fourth-order valence-electron chi connectivity index (χ4n) is 3.97. The van der Waals surface area contributed by atoms with Crippen LogP contribution in [-0.2, 0) is 22.7 Å². The Labute approximate surface area is 184 Å². The summed E-state index contributed by atoms with van der Waals surface area (Å²) in [6, 6.07) is 17.9. The molecule has 1 unspecified atom stereocenters. The third-order valence-corrected chi connectivity index (χ3v) is 7.32. The molecule has 2 N–H and O–H groups in total. The van der Waals surface area contributed by atoms with Gasteiger partial charge in [0.2, 0.25) is 0 Å². The van der Waals surface area contributed by atoms with Crippen molar-refractivity contribution in [2.75, 3.05) is 19.4 Å². The minimum atomic E-state index is -3.28. The molecule has 30 heavy (non-hydrogen) atoms. The van der Waals surface area contributed by atoms with Gasteiger partial charge in [0.1, 0.15) is 5.75 Å². The van der Waals surface area contributed by atoms with Crippen LogP contribution in [0.1, 0.15) is 29.8 Å². The zero-order valence-electron chi connectivity index (χ0n) is 17.1. The Hall–Kier alpha value is -2.28. The van der Waals surface area contributed by atoms with E-state index in [0.29, 0.717) is 10.6 Å². The van der Waals surface area contributed by atoms with Crippen LogP contribution in [0.15, 0.2) is 59.5 Å². The highest BCUT2D eigenvalue weighted by Crippen LogP contribution is 2.33. The van der Waals surface area contributed by atoms with Crippen molar-refractivity contribution in [1.82, 2.24) is 10.3 Å². The zero-order valence-corrected chi connectivity index (χ0v) is 18.8. The summed E-state index contributed by atoms with van der Waals surface area (Å²) < 4.78 is 30.1. The first kappa shape index (κ1) is 22.4. The molecule has 0 bridgehead atoms. The first-order valence-electron chi connectivity index (χ1n) is 9.92. The van der Waals surface area contributed by atoms with Gasteiger partial charge in [-0.2, -0.15) is 0 Å². The number of rotatable bonds is 6. The fraction of sp³-hybridized carbons (Fsp3) is 0.304. The standard InChI is InChI=1S/C23H26N2O3S.ClH/c1-3-29(26,27)18-9-11-23(28-2)20(15-18)21-10-8-17(25-21)14-22-19-7-5-4-6-16(19)12-13-24-22;/h4-11,15,22,24-25H,3,12-14H2,1-2H3;1H. The molecule has 4 rings (SSSR count). The summed E-state index contributed by atoms with van der Waals surface area (Å²) in [6.45, 7) is 2.63. The predicted molar refractivity (Wildman–Crippen MR) is 122 cm³/mol. The number of hydrogen-bond donors (Lipinski definition) is 2. The van der Waals surface area contributed by atoms with Crippen LogP contribution < -0.4 is 10.1 Å². The van der Waals surface area contributed by atoms with E-state index in [1.54, 1.807) is 32.2 Å². The summed E-state index contributed by atoms with van der Waals surface area (Å²) in [5.41, 5.74) is 5.46. The highest BCUT2D eigenvalue weighted by atomic mass is 35.5. The maximum atomic E-state index is 12.3. The molecule has 0 amide bonds. The molecule has 2 aromatic carbocycles. The number of hydrogen-bond acceptors (Lipinski definition) is 4. The number of sulfone groups is 1. The predicted octanol–water partition coefficient (Wildman–Crippen LogP) is 4.34. The molecule has 0 fully saturated rings. The molecule has 5 nitrogen and oxygen atoms in total. The minimum Gasteiger partial charge on any atom is -0.496 e. The summed E-state index contributed by atoms with van der Waals surface area (Å²) in [4.78, 5) is 3.78. The third kappa shape index (κ3) is 4.41. The quantitative estimate of drug-likeness (QED) is 0.591. The normalized spacial score (nSPS) is 15.9. The number of H-pyrrole nitrogens is 1. The summed E-state index contributed by atoms with van der Waals surface area (Å²) in [5.74, 6) is 0.719. The molecule has 1 aliphatic heterocycles. The van der Waals surface area contributed by atoms with Gasteiger partial charge in [0.15, 0.2) is 9.84 Å². The Bertz CT molecular complexity index is 1120. The smallest absolute Gasteiger partial charge is 0.178 e.